The lowest BCUT2D eigenvalue weighted by Crippen LogP contribution is -2.26. The van der Waals surface area contributed by atoms with Gasteiger partial charge in [0.15, 0.2) is 6.10 Å². The molecule has 0 heterocycles. The van der Waals surface area contributed by atoms with Crippen LogP contribution in [-0.4, -0.2) is 23.8 Å². The maximum Gasteiger partial charge on any atom is 0.347 e. The van der Waals surface area contributed by atoms with Crippen molar-refractivity contribution in [3.8, 4) is 11.1 Å². The fourth-order valence-electron chi connectivity index (χ4n) is 3.74. The zero-order chi connectivity index (χ0) is 25.6. The molecule has 3 aromatic rings. The monoisotopic (exact) mass is 504 g/mol. The Hall–Kier alpha value is -3.05. The van der Waals surface area contributed by atoms with Crippen LogP contribution in [0.5, 0.6) is 0 Å². The van der Waals surface area contributed by atoms with Gasteiger partial charge in [-0.05, 0) is 60.1 Å². The van der Waals surface area contributed by atoms with Crippen molar-refractivity contribution >= 4 is 23.7 Å². The quantitative estimate of drug-likeness (QED) is 0.126. The molecule has 0 unspecified atom stereocenters. The molecule has 190 valence electrons. The first-order valence-electron chi connectivity index (χ1n) is 12.8. The minimum Gasteiger partial charge on any atom is -0.458 e. The fourth-order valence-corrected chi connectivity index (χ4v) is 4.65. The molecule has 3 rings (SSSR count). The van der Waals surface area contributed by atoms with E-state index in [4.69, 9.17) is 9.47 Å². The highest BCUT2D eigenvalue weighted by Crippen LogP contribution is 2.25. The summed E-state index contributed by atoms with van der Waals surface area (Å²) in [6.07, 6.45) is 6.92. The van der Waals surface area contributed by atoms with Gasteiger partial charge in [0.2, 0.25) is 0 Å². The lowest BCUT2D eigenvalue weighted by atomic mass is 10.0. The number of hydrogen-bond donors (Lipinski definition) is 0. The second-order valence-electron chi connectivity index (χ2n) is 8.86. The van der Waals surface area contributed by atoms with E-state index in [-0.39, 0.29) is 6.61 Å². The summed E-state index contributed by atoms with van der Waals surface area (Å²) >= 11 is 1.91. The molecule has 36 heavy (non-hydrogen) atoms. The number of rotatable bonds is 14. The van der Waals surface area contributed by atoms with Gasteiger partial charge in [-0.2, -0.15) is 0 Å². The number of esters is 2. The molecule has 0 aliphatic carbocycles. The molecule has 0 bridgehead atoms. The topological polar surface area (TPSA) is 52.6 Å². The predicted octanol–water partition coefficient (Wildman–Crippen LogP) is 8.09. The van der Waals surface area contributed by atoms with Gasteiger partial charge in [0, 0.05) is 4.90 Å². The summed E-state index contributed by atoms with van der Waals surface area (Å²) in [6.45, 7) is 3.91. The van der Waals surface area contributed by atoms with Gasteiger partial charge in [0.25, 0.3) is 0 Å². The van der Waals surface area contributed by atoms with E-state index in [0.717, 1.165) is 22.4 Å². The van der Waals surface area contributed by atoms with Gasteiger partial charge < -0.3 is 9.47 Å². The number of benzene rings is 3. The van der Waals surface area contributed by atoms with Crippen molar-refractivity contribution in [1.29, 1.82) is 0 Å². The number of hydrogen-bond acceptors (Lipinski definition) is 5. The molecule has 0 fully saturated rings. The molecule has 0 saturated heterocycles. The van der Waals surface area contributed by atoms with Gasteiger partial charge in [-0.15, -0.1) is 11.8 Å². The highest BCUT2D eigenvalue weighted by Gasteiger charge is 2.20. The Balaban J connectivity index is 1.43. The molecule has 3 aromatic carbocycles. The minimum absolute atomic E-state index is 0.145. The smallest absolute Gasteiger partial charge is 0.347 e. The number of thioether (sulfide) groups is 1. The molecule has 0 spiro atoms. The summed E-state index contributed by atoms with van der Waals surface area (Å²) < 4.78 is 10.6. The van der Waals surface area contributed by atoms with E-state index in [1.54, 1.807) is 12.1 Å². The Bertz CT molecular complexity index is 1060. The molecule has 0 saturated carbocycles. The predicted molar refractivity (Wildman–Crippen MR) is 147 cm³/mol. The van der Waals surface area contributed by atoms with Crippen LogP contribution in [0.1, 0.15) is 68.3 Å². The van der Waals surface area contributed by atoms with Crippen molar-refractivity contribution in [3.63, 3.8) is 0 Å². The lowest BCUT2D eigenvalue weighted by molar-refractivity contribution is -0.154. The summed E-state index contributed by atoms with van der Waals surface area (Å²) in [5.74, 6) is 0.0333. The Morgan fingerprint density at radius 3 is 2.06 bits per heavy atom. The summed E-state index contributed by atoms with van der Waals surface area (Å²) in [5, 5.41) is 0. The van der Waals surface area contributed by atoms with E-state index in [1.807, 2.05) is 54.2 Å². The maximum absolute atomic E-state index is 12.5. The molecule has 5 heteroatoms. The van der Waals surface area contributed by atoms with Gasteiger partial charge in [-0.3, -0.25) is 0 Å². The molecular weight excluding hydrogens is 468 g/mol. The van der Waals surface area contributed by atoms with Crippen LogP contribution in [0.25, 0.3) is 11.1 Å². The van der Waals surface area contributed by atoms with Gasteiger partial charge in [-0.1, -0.05) is 93.6 Å². The largest absolute Gasteiger partial charge is 0.458 e. The summed E-state index contributed by atoms with van der Waals surface area (Å²) in [6, 6.07) is 25.2. The minimum atomic E-state index is -0.984. The highest BCUT2D eigenvalue weighted by atomic mass is 32.2. The van der Waals surface area contributed by atoms with E-state index in [1.165, 1.54) is 50.3 Å². The molecule has 0 amide bonds. The Morgan fingerprint density at radius 1 is 0.778 bits per heavy atom. The van der Waals surface area contributed by atoms with E-state index in [2.05, 4.69) is 31.2 Å². The first-order valence-corrected chi connectivity index (χ1v) is 13.8. The van der Waals surface area contributed by atoms with Crippen LogP contribution in [0, 0.1) is 0 Å². The Morgan fingerprint density at radius 2 is 1.39 bits per heavy atom. The van der Waals surface area contributed by atoms with Crippen molar-refractivity contribution in [2.75, 3.05) is 5.75 Å². The Kier molecular flexibility index (Phi) is 11.6. The molecule has 0 N–H and O–H groups in total. The average Bonchev–Trinajstić information content (AvgIpc) is 2.92. The molecule has 0 aromatic heterocycles. The zero-order valence-corrected chi connectivity index (χ0v) is 22.1. The molecule has 0 aliphatic heterocycles. The van der Waals surface area contributed by atoms with Crippen LogP contribution in [0.3, 0.4) is 0 Å². The third kappa shape index (κ3) is 9.19. The summed E-state index contributed by atoms with van der Waals surface area (Å²) in [4.78, 5) is 26.0. The summed E-state index contributed by atoms with van der Waals surface area (Å²) in [7, 11) is 0. The molecule has 0 radical (unpaired) electrons. The average molecular weight is 505 g/mol. The van der Waals surface area contributed by atoms with Crippen LogP contribution in [0.2, 0.25) is 0 Å². The lowest BCUT2D eigenvalue weighted by Gasteiger charge is -2.13. The third-order valence-corrected chi connectivity index (χ3v) is 7.01. The van der Waals surface area contributed by atoms with Crippen molar-refractivity contribution in [1.82, 2.24) is 0 Å². The van der Waals surface area contributed by atoms with E-state index < -0.39 is 18.0 Å². The van der Waals surface area contributed by atoms with E-state index in [0.29, 0.717) is 5.56 Å². The van der Waals surface area contributed by atoms with Gasteiger partial charge in [-0.25, -0.2) is 9.59 Å². The zero-order valence-electron chi connectivity index (χ0n) is 21.3. The van der Waals surface area contributed by atoms with Gasteiger partial charge >= 0.3 is 11.9 Å². The third-order valence-electron chi connectivity index (χ3n) is 5.91. The van der Waals surface area contributed by atoms with Gasteiger partial charge in [0.1, 0.15) is 6.61 Å². The number of carbonyl (C=O) groups excluding carboxylic acids is 2. The van der Waals surface area contributed by atoms with Gasteiger partial charge in [0.05, 0.1) is 5.56 Å². The van der Waals surface area contributed by atoms with Crippen molar-refractivity contribution in [3.05, 3.63) is 90.0 Å². The molecule has 0 aliphatic rings. The highest BCUT2D eigenvalue weighted by molar-refractivity contribution is 7.99. The summed E-state index contributed by atoms with van der Waals surface area (Å²) in [5.41, 5.74) is 3.39. The van der Waals surface area contributed by atoms with Crippen LogP contribution < -0.4 is 0 Å². The molecular formula is C31H36O4S. The standard InChI is InChI=1S/C31H36O4S/c1-3-4-5-6-7-11-22-36-29-20-18-27(19-21-29)26-14-16-28(17-15-26)31(33)35-24(2)30(32)34-23-25-12-9-8-10-13-25/h8-10,12-21,24H,3-7,11,22-23H2,1-2H3/t24-/m1/s1. The second-order valence-corrected chi connectivity index (χ2v) is 10.0. The molecule has 1 atom stereocenters. The van der Waals surface area contributed by atoms with Crippen molar-refractivity contribution in [2.24, 2.45) is 0 Å². The first-order chi connectivity index (χ1) is 17.6. The molecule has 4 nitrogen and oxygen atoms in total. The van der Waals surface area contributed by atoms with Crippen LogP contribution >= 0.6 is 11.8 Å². The van der Waals surface area contributed by atoms with Crippen LogP contribution in [0.4, 0.5) is 0 Å². The number of ether oxygens (including phenoxy) is 2. The Labute approximate surface area is 219 Å². The maximum atomic E-state index is 12.5. The fraction of sp³-hybridized carbons (Fsp3) is 0.355. The van der Waals surface area contributed by atoms with Crippen LogP contribution in [-0.2, 0) is 20.9 Å². The SMILES string of the molecule is CCCCCCCCSc1ccc(-c2ccc(C(=O)O[C@H](C)C(=O)OCc3ccccc3)cc2)cc1. The normalized spacial score (nSPS) is 11.6. The van der Waals surface area contributed by atoms with Crippen molar-refractivity contribution < 1.29 is 19.1 Å². The van der Waals surface area contributed by atoms with E-state index >= 15 is 0 Å². The number of unbranched alkanes of at least 4 members (excludes halogenated alkanes) is 5. The van der Waals surface area contributed by atoms with E-state index in [9.17, 15) is 9.59 Å². The van der Waals surface area contributed by atoms with Crippen molar-refractivity contribution in [2.45, 2.75) is 70.0 Å². The van der Waals surface area contributed by atoms with Crippen LogP contribution in [0.15, 0.2) is 83.8 Å². The first kappa shape index (κ1) is 27.5. The number of carbonyl (C=O) groups is 2. The second kappa shape index (κ2) is 15.1.